The van der Waals surface area contributed by atoms with Gasteiger partial charge in [0.1, 0.15) is 17.2 Å². The summed E-state index contributed by atoms with van der Waals surface area (Å²) in [4.78, 5) is 49.0. The van der Waals surface area contributed by atoms with Crippen LogP contribution in [-0.4, -0.2) is 53.9 Å². The number of benzene rings is 2. The van der Waals surface area contributed by atoms with Crippen LogP contribution in [0.3, 0.4) is 0 Å². The molecule has 1 unspecified atom stereocenters. The number of amides is 3. The average Bonchev–Trinajstić information content (AvgIpc) is 2.79. The SMILES string of the molecule is COc1cccc(Oc2ccc([C@H](CC(=O)O)NC(=O)NC3C(=O)C=CN(C)C3=O)cc2)c1.[H-].[Na+]. The van der Waals surface area contributed by atoms with Gasteiger partial charge in [-0.1, -0.05) is 18.2 Å². The van der Waals surface area contributed by atoms with Crippen LogP contribution in [0.1, 0.15) is 19.5 Å². The Bertz CT molecular complexity index is 1090. The molecule has 3 amide bonds. The number of urea groups is 1. The van der Waals surface area contributed by atoms with Gasteiger partial charge in [0.25, 0.3) is 5.91 Å². The van der Waals surface area contributed by atoms with E-state index >= 15 is 0 Å². The van der Waals surface area contributed by atoms with E-state index in [4.69, 9.17) is 9.47 Å². The molecule has 174 valence electrons. The van der Waals surface area contributed by atoms with Gasteiger partial charge < -0.3 is 31.5 Å². The van der Waals surface area contributed by atoms with Crippen molar-refractivity contribution in [3.8, 4) is 17.2 Å². The van der Waals surface area contributed by atoms with Gasteiger partial charge in [0.2, 0.25) is 0 Å². The normalized spacial score (nSPS) is 15.7. The van der Waals surface area contributed by atoms with E-state index < -0.39 is 42.2 Å². The van der Waals surface area contributed by atoms with E-state index in [0.29, 0.717) is 22.8 Å². The van der Waals surface area contributed by atoms with Crippen molar-refractivity contribution in [2.45, 2.75) is 18.5 Å². The molecular formula is C23H24N3NaO7. The minimum absolute atomic E-state index is 0. The van der Waals surface area contributed by atoms with Gasteiger partial charge in [-0.25, -0.2) is 4.79 Å². The molecule has 0 fully saturated rings. The zero-order valence-corrected chi connectivity index (χ0v) is 21.0. The third-order valence-corrected chi connectivity index (χ3v) is 4.86. The first kappa shape index (κ1) is 26.9. The predicted octanol–water partition coefficient (Wildman–Crippen LogP) is -0.658. The number of hydrogen-bond acceptors (Lipinski definition) is 6. The Balaban J connectivity index is 0.00000306. The van der Waals surface area contributed by atoms with Gasteiger partial charge >= 0.3 is 41.6 Å². The Morgan fingerprint density at radius 3 is 2.44 bits per heavy atom. The van der Waals surface area contributed by atoms with E-state index in [-0.39, 0.29) is 31.0 Å². The molecule has 0 saturated carbocycles. The van der Waals surface area contributed by atoms with E-state index in [1.54, 1.807) is 55.6 Å². The van der Waals surface area contributed by atoms with Crippen LogP contribution in [-0.2, 0) is 14.4 Å². The molecule has 0 saturated heterocycles. The van der Waals surface area contributed by atoms with Crippen LogP contribution in [0.15, 0.2) is 60.8 Å². The molecule has 0 bridgehead atoms. The molecule has 1 aliphatic rings. The summed E-state index contributed by atoms with van der Waals surface area (Å²) in [5.74, 6) is -0.600. The number of ether oxygens (including phenoxy) is 2. The molecule has 3 rings (SSSR count). The van der Waals surface area contributed by atoms with Crippen molar-refractivity contribution < 1.29 is 64.7 Å². The number of nitrogens with one attached hydrogen (secondary N) is 2. The molecule has 0 radical (unpaired) electrons. The van der Waals surface area contributed by atoms with Crippen molar-refractivity contribution in [2.24, 2.45) is 0 Å². The number of carbonyl (C=O) groups excluding carboxylic acids is 3. The molecule has 0 aromatic heterocycles. The number of carboxylic acid groups (broad SMARTS) is 1. The topological polar surface area (TPSA) is 134 Å². The van der Waals surface area contributed by atoms with Gasteiger partial charge in [-0.3, -0.25) is 14.4 Å². The molecule has 2 aromatic rings. The zero-order valence-electron chi connectivity index (χ0n) is 20.0. The summed E-state index contributed by atoms with van der Waals surface area (Å²) in [6, 6.07) is 10.4. The van der Waals surface area contributed by atoms with Crippen LogP contribution in [0.2, 0.25) is 0 Å². The van der Waals surface area contributed by atoms with Crippen LogP contribution in [0.25, 0.3) is 0 Å². The van der Waals surface area contributed by atoms with Crippen LogP contribution in [0.4, 0.5) is 4.79 Å². The van der Waals surface area contributed by atoms with Gasteiger partial charge in [0.15, 0.2) is 11.8 Å². The molecule has 2 atom stereocenters. The van der Waals surface area contributed by atoms with Crippen molar-refractivity contribution in [3.05, 3.63) is 66.4 Å². The van der Waals surface area contributed by atoms with E-state index in [1.807, 2.05) is 0 Å². The largest absolute Gasteiger partial charge is 1.00 e. The number of methoxy groups -OCH3 is 1. The molecule has 3 N–H and O–H groups in total. The fourth-order valence-electron chi connectivity index (χ4n) is 3.14. The maximum atomic E-state index is 12.4. The van der Waals surface area contributed by atoms with Gasteiger partial charge in [-0.05, 0) is 29.8 Å². The minimum Gasteiger partial charge on any atom is -1.00 e. The van der Waals surface area contributed by atoms with E-state index in [9.17, 15) is 24.3 Å². The fourth-order valence-corrected chi connectivity index (χ4v) is 3.14. The quantitative estimate of drug-likeness (QED) is 0.340. The van der Waals surface area contributed by atoms with Crippen molar-refractivity contribution in [1.29, 1.82) is 0 Å². The smallest absolute Gasteiger partial charge is 1.00 e. The molecule has 34 heavy (non-hydrogen) atoms. The summed E-state index contributed by atoms with van der Waals surface area (Å²) in [5, 5.41) is 14.1. The van der Waals surface area contributed by atoms with Crippen molar-refractivity contribution >= 4 is 23.7 Å². The second kappa shape index (κ2) is 12.2. The van der Waals surface area contributed by atoms with Crippen molar-refractivity contribution in [1.82, 2.24) is 15.5 Å². The second-order valence-corrected chi connectivity index (χ2v) is 7.22. The molecular weight excluding hydrogens is 453 g/mol. The van der Waals surface area contributed by atoms with Crippen molar-refractivity contribution in [2.75, 3.05) is 14.2 Å². The minimum atomic E-state index is -1.37. The predicted molar refractivity (Wildman–Crippen MR) is 118 cm³/mol. The first-order valence-electron chi connectivity index (χ1n) is 9.96. The van der Waals surface area contributed by atoms with Crippen molar-refractivity contribution in [3.63, 3.8) is 0 Å². The number of hydrogen-bond donors (Lipinski definition) is 3. The monoisotopic (exact) mass is 477 g/mol. The zero-order chi connectivity index (χ0) is 24.0. The molecule has 1 aliphatic heterocycles. The number of carbonyl (C=O) groups is 4. The van der Waals surface area contributed by atoms with Gasteiger partial charge in [0, 0.05) is 25.4 Å². The summed E-state index contributed by atoms with van der Waals surface area (Å²) in [6.45, 7) is 0. The molecule has 0 spiro atoms. The second-order valence-electron chi connectivity index (χ2n) is 7.22. The molecule has 2 aromatic carbocycles. The summed E-state index contributed by atoms with van der Waals surface area (Å²) < 4.78 is 10.9. The van der Waals surface area contributed by atoms with Crippen LogP contribution in [0, 0.1) is 0 Å². The molecule has 0 aliphatic carbocycles. The van der Waals surface area contributed by atoms with Crippen LogP contribution < -0.4 is 49.7 Å². The number of aliphatic carboxylic acids is 1. The Kier molecular flexibility index (Phi) is 9.67. The molecule has 1 heterocycles. The Morgan fingerprint density at radius 2 is 1.79 bits per heavy atom. The number of rotatable bonds is 8. The molecule has 11 heteroatoms. The first-order valence-corrected chi connectivity index (χ1v) is 9.96. The number of nitrogens with zero attached hydrogens (tertiary/aromatic N) is 1. The maximum absolute atomic E-state index is 12.4. The summed E-state index contributed by atoms with van der Waals surface area (Å²) in [6.07, 6.45) is 2.08. The van der Waals surface area contributed by atoms with E-state index in [2.05, 4.69) is 10.6 Å². The Labute approximate surface area is 219 Å². The maximum Gasteiger partial charge on any atom is 1.00 e. The summed E-state index contributed by atoms with van der Waals surface area (Å²) >= 11 is 0. The van der Waals surface area contributed by atoms with Crippen LogP contribution >= 0.6 is 0 Å². The number of ketones is 1. The summed E-state index contributed by atoms with van der Waals surface area (Å²) in [5.41, 5.74) is 0.504. The molecule has 10 nitrogen and oxygen atoms in total. The standard InChI is InChI=1S/C23H23N3O7.Na.H/c1-26-11-10-19(27)21(22(26)30)25-23(31)24-18(13-20(28)29)14-6-8-15(9-7-14)33-17-5-3-4-16(12-17)32-2;;/h3-12,18,21H,13H2,1-2H3,(H,28,29)(H2,24,25,31);;/q;+1;-1/t18-,21?;;/m0../s1. The van der Waals surface area contributed by atoms with Gasteiger partial charge in [-0.15, -0.1) is 0 Å². The van der Waals surface area contributed by atoms with E-state index in [0.717, 1.165) is 0 Å². The third-order valence-electron chi connectivity index (χ3n) is 4.86. The Hall–Kier alpha value is -3.34. The number of likely N-dealkylation sites (N-methyl/N-ethyl adjacent to an activating group) is 1. The summed E-state index contributed by atoms with van der Waals surface area (Å²) in [7, 11) is 3.01. The van der Waals surface area contributed by atoms with Crippen LogP contribution in [0.5, 0.6) is 17.2 Å². The Morgan fingerprint density at radius 1 is 1.12 bits per heavy atom. The third kappa shape index (κ3) is 7.08. The average molecular weight is 477 g/mol. The van der Waals surface area contributed by atoms with E-state index in [1.165, 1.54) is 24.2 Å². The number of carboxylic acids is 1. The first-order chi connectivity index (χ1) is 15.8. The van der Waals surface area contributed by atoms with Gasteiger partial charge in [-0.2, -0.15) is 0 Å². The fraction of sp³-hybridized carbons (Fsp3) is 0.217. The van der Waals surface area contributed by atoms with Gasteiger partial charge in [0.05, 0.1) is 19.6 Å².